The molecule has 24 heavy (non-hydrogen) atoms. The Morgan fingerprint density at radius 1 is 0.792 bits per heavy atom. The minimum absolute atomic E-state index is 0.595. The zero-order valence-corrected chi connectivity index (χ0v) is 11.9. The Morgan fingerprint density at radius 3 is 1.38 bits per heavy atom. The molecule has 2 aliphatic carbocycles. The molecule has 10 nitrogen and oxygen atoms in total. The maximum Gasteiger partial charge on any atom is 0.391 e. The third-order valence-corrected chi connectivity index (χ3v) is 3.76. The van der Waals surface area contributed by atoms with Crippen molar-refractivity contribution in [1.82, 2.24) is 0 Å². The Kier molecular flexibility index (Phi) is 3.90. The molecule has 10 heteroatoms. The van der Waals surface area contributed by atoms with Crippen molar-refractivity contribution in [3.63, 3.8) is 0 Å². The molecule has 2 aliphatic rings. The van der Waals surface area contributed by atoms with Crippen LogP contribution >= 0.6 is 0 Å². The van der Waals surface area contributed by atoms with Gasteiger partial charge < -0.3 is 10.2 Å². The lowest BCUT2D eigenvalue weighted by Gasteiger charge is -2.27. The number of aliphatic carboxylic acids is 2. The van der Waals surface area contributed by atoms with Crippen LogP contribution in [0.25, 0.3) is 0 Å². The van der Waals surface area contributed by atoms with Crippen molar-refractivity contribution in [2.24, 2.45) is 0 Å². The molecular formula is C14H10N2O8. The number of hydrogen-bond acceptors (Lipinski definition) is 6. The van der Waals surface area contributed by atoms with E-state index in [9.17, 15) is 40.0 Å². The quantitative estimate of drug-likeness (QED) is 0.562. The second-order valence-corrected chi connectivity index (χ2v) is 4.92. The van der Waals surface area contributed by atoms with E-state index >= 15 is 0 Å². The van der Waals surface area contributed by atoms with Crippen LogP contribution in [0.4, 0.5) is 0 Å². The maximum absolute atomic E-state index is 11.6. The predicted molar refractivity (Wildman–Crippen MR) is 78.3 cm³/mol. The van der Waals surface area contributed by atoms with Crippen LogP contribution < -0.4 is 0 Å². The van der Waals surface area contributed by atoms with Crippen molar-refractivity contribution >= 4 is 11.9 Å². The zero-order valence-electron chi connectivity index (χ0n) is 11.9. The van der Waals surface area contributed by atoms with Gasteiger partial charge in [-0.05, 0) is 0 Å². The molecule has 0 bridgehead atoms. The second-order valence-electron chi connectivity index (χ2n) is 4.92. The summed E-state index contributed by atoms with van der Waals surface area (Å²) in [6.45, 7) is 0. The van der Waals surface area contributed by atoms with E-state index in [2.05, 4.69) is 0 Å². The Morgan fingerprint density at radius 2 is 1.12 bits per heavy atom. The van der Waals surface area contributed by atoms with Crippen LogP contribution in [0.15, 0.2) is 59.8 Å². The summed E-state index contributed by atoms with van der Waals surface area (Å²) in [5, 5.41) is 41.7. The molecule has 0 aromatic rings. The van der Waals surface area contributed by atoms with Crippen molar-refractivity contribution in [1.29, 1.82) is 0 Å². The van der Waals surface area contributed by atoms with Crippen LogP contribution in [0, 0.1) is 20.2 Å². The van der Waals surface area contributed by atoms with Crippen LogP contribution in [0.5, 0.6) is 0 Å². The second kappa shape index (κ2) is 5.57. The molecule has 0 saturated carbocycles. The SMILES string of the molecule is O=C(O)C1([N+](=O)[O-])C=CC=CC1=C1C=CC=CC1(C(=O)O)[N+](=O)[O-]. The number of nitrogens with zero attached hydrogens (tertiary/aromatic N) is 2. The van der Waals surface area contributed by atoms with Gasteiger partial charge in [-0.1, -0.05) is 36.5 Å². The number of nitro groups is 2. The highest BCUT2D eigenvalue weighted by atomic mass is 16.6. The van der Waals surface area contributed by atoms with Crippen molar-refractivity contribution in [2.75, 3.05) is 0 Å². The molecule has 2 N–H and O–H groups in total. The lowest BCUT2D eigenvalue weighted by Crippen LogP contribution is -2.52. The van der Waals surface area contributed by atoms with Crippen LogP contribution in [0.3, 0.4) is 0 Å². The normalized spacial score (nSPS) is 31.0. The van der Waals surface area contributed by atoms with Crippen LogP contribution in [-0.2, 0) is 9.59 Å². The molecule has 0 aromatic carbocycles. The van der Waals surface area contributed by atoms with Crippen molar-refractivity contribution < 1.29 is 29.6 Å². The summed E-state index contributed by atoms with van der Waals surface area (Å²) >= 11 is 0. The third-order valence-electron chi connectivity index (χ3n) is 3.76. The summed E-state index contributed by atoms with van der Waals surface area (Å²) in [4.78, 5) is 43.9. The van der Waals surface area contributed by atoms with E-state index in [0.717, 1.165) is 36.5 Å². The van der Waals surface area contributed by atoms with Gasteiger partial charge in [-0.3, -0.25) is 20.2 Å². The minimum atomic E-state index is -2.82. The van der Waals surface area contributed by atoms with Crippen LogP contribution in [-0.4, -0.2) is 43.1 Å². The van der Waals surface area contributed by atoms with Gasteiger partial charge in [-0.15, -0.1) is 0 Å². The van der Waals surface area contributed by atoms with Gasteiger partial charge in [-0.25, -0.2) is 9.59 Å². The average Bonchev–Trinajstić information content (AvgIpc) is 2.53. The number of allylic oxidation sites excluding steroid dienone is 4. The molecule has 124 valence electrons. The summed E-state index contributed by atoms with van der Waals surface area (Å²) in [6, 6.07) is 0. The van der Waals surface area contributed by atoms with E-state index < -0.39 is 44.0 Å². The Balaban J connectivity index is 2.94. The van der Waals surface area contributed by atoms with Crippen molar-refractivity contribution in [3.05, 3.63) is 80.0 Å². The summed E-state index contributed by atoms with van der Waals surface area (Å²) in [5.74, 6) is -3.78. The molecule has 0 spiro atoms. The minimum Gasteiger partial charge on any atom is -0.475 e. The first-order chi connectivity index (χ1) is 11.2. The number of rotatable bonds is 4. The van der Waals surface area contributed by atoms with E-state index in [1.54, 1.807) is 0 Å². The van der Waals surface area contributed by atoms with E-state index in [-0.39, 0.29) is 0 Å². The average molecular weight is 334 g/mol. The Hall–Kier alpha value is -3.56. The van der Waals surface area contributed by atoms with Gasteiger partial charge in [0.05, 0.1) is 11.1 Å². The van der Waals surface area contributed by atoms with Crippen LogP contribution in [0.2, 0.25) is 0 Å². The fraction of sp³-hybridized carbons (Fsp3) is 0.143. The summed E-state index contributed by atoms with van der Waals surface area (Å²) < 4.78 is 0. The van der Waals surface area contributed by atoms with Gasteiger partial charge in [-0.2, -0.15) is 0 Å². The highest BCUT2D eigenvalue weighted by Gasteiger charge is 2.61. The molecule has 0 fully saturated rings. The van der Waals surface area contributed by atoms with Gasteiger partial charge in [0.1, 0.15) is 0 Å². The predicted octanol–water partition coefficient (Wildman–Crippen LogP) is 0.735. The number of carboxylic acid groups (broad SMARTS) is 2. The fourth-order valence-electron chi connectivity index (χ4n) is 2.56. The van der Waals surface area contributed by atoms with Crippen molar-refractivity contribution in [3.8, 4) is 0 Å². The first kappa shape index (κ1) is 16.8. The van der Waals surface area contributed by atoms with E-state index in [1.165, 1.54) is 12.2 Å². The first-order valence-corrected chi connectivity index (χ1v) is 6.44. The lowest BCUT2D eigenvalue weighted by molar-refractivity contribution is -0.535. The lowest BCUT2D eigenvalue weighted by atomic mass is 9.75. The fourth-order valence-corrected chi connectivity index (χ4v) is 2.56. The molecule has 0 radical (unpaired) electrons. The van der Waals surface area contributed by atoms with E-state index in [4.69, 9.17) is 0 Å². The largest absolute Gasteiger partial charge is 0.475 e. The highest BCUT2D eigenvalue weighted by Crippen LogP contribution is 2.38. The van der Waals surface area contributed by atoms with Gasteiger partial charge in [0.2, 0.25) is 0 Å². The van der Waals surface area contributed by atoms with Gasteiger partial charge in [0.15, 0.2) is 0 Å². The van der Waals surface area contributed by atoms with Crippen molar-refractivity contribution in [2.45, 2.75) is 11.1 Å². The smallest absolute Gasteiger partial charge is 0.391 e. The summed E-state index contributed by atoms with van der Waals surface area (Å²) in [5.41, 5.74) is -6.84. The molecule has 2 atom stereocenters. The number of carbonyl (C=O) groups is 2. The first-order valence-electron chi connectivity index (χ1n) is 6.44. The highest BCUT2D eigenvalue weighted by molar-refractivity contribution is 5.91. The maximum atomic E-state index is 11.6. The molecule has 0 saturated heterocycles. The molecule has 2 rings (SSSR count). The van der Waals surface area contributed by atoms with Gasteiger partial charge >= 0.3 is 23.0 Å². The third kappa shape index (κ3) is 2.04. The summed E-state index contributed by atoms with van der Waals surface area (Å²) in [6.07, 6.45) is 8.19. The number of hydrogen-bond donors (Lipinski definition) is 2. The zero-order chi connectivity index (χ0) is 18.1. The molecule has 0 aliphatic heterocycles. The standard InChI is InChI=1S/C14H10N2O8/c17-11(18)13(15(21)22)7-3-1-5-9(13)10-6-2-4-8-14(10,12(19)20)16(23)24/h1-8H,(H,17,18)(H,19,20). The molecule has 0 aromatic heterocycles. The van der Waals surface area contributed by atoms with Gasteiger partial charge in [0.25, 0.3) is 0 Å². The molecular weight excluding hydrogens is 324 g/mol. The molecule has 0 heterocycles. The molecule has 2 unspecified atom stereocenters. The van der Waals surface area contributed by atoms with Crippen LogP contribution in [0.1, 0.15) is 0 Å². The number of carboxylic acids is 2. The monoisotopic (exact) mass is 334 g/mol. The topological polar surface area (TPSA) is 161 Å². The molecule has 0 amide bonds. The Bertz CT molecular complexity index is 706. The van der Waals surface area contributed by atoms with E-state index in [0.29, 0.717) is 0 Å². The Labute approximate surface area is 133 Å². The summed E-state index contributed by atoms with van der Waals surface area (Å²) in [7, 11) is 0. The van der Waals surface area contributed by atoms with Gasteiger partial charge in [0, 0.05) is 22.0 Å². The van der Waals surface area contributed by atoms with E-state index in [1.807, 2.05) is 0 Å².